The Morgan fingerprint density at radius 1 is 1.13 bits per heavy atom. The van der Waals surface area contributed by atoms with Crippen molar-refractivity contribution in [2.75, 3.05) is 32.2 Å². The van der Waals surface area contributed by atoms with E-state index >= 15 is 0 Å². The van der Waals surface area contributed by atoms with E-state index in [0.29, 0.717) is 6.61 Å². The van der Waals surface area contributed by atoms with Crippen LogP contribution in [0.4, 0.5) is 0 Å². The van der Waals surface area contributed by atoms with E-state index in [-0.39, 0.29) is 24.0 Å². The van der Waals surface area contributed by atoms with Crippen molar-refractivity contribution in [3.8, 4) is 0 Å². The van der Waals surface area contributed by atoms with Crippen molar-refractivity contribution in [1.82, 2.24) is 10.6 Å². The monoisotopic (exact) mass is 451 g/mol. The zero-order valence-corrected chi connectivity index (χ0v) is 17.6. The average molecular weight is 451 g/mol. The number of halogens is 1. The third-order valence-electron chi connectivity index (χ3n) is 3.25. The van der Waals surface area contributed by atoms with Crippen LogP contribution >= 0.6 is 35.7 Å². The van der Waals surface area contributed by atoms with Crippen LogP contribution < -0.4 is 10.6 Å². The summed E-state index contributed by atoms with van der Waals surface area (Å²) < 4.78 is 5.40. The van der Waals surface area contributed by atoms with Crippen LogP contribution in [0.3, 0.4) is 0 Å². The normalized spacial score (nSPS) is 11.0. The molecule has 1 aromatic carbocycles. The van der Waals surface area contributed by atoms with E-state index in [1.54, 1.807) is 0 Å². The Morgan fingerprint density at radius 2 is 1.83 bits per heavy atom. The third kappa shape index (κ3) is 10.8. The number of benzene rings is 1. The van der Waals surface area contributed by atoms with Gasteiger partial charge in [0.15, 0.2) is 5.96 Å². The maximum absolute atomic E-state index is 5.40. The zero-order chi connectivity index (χ0) is 16.0. The first-order valence-corrected chi connectivity index (χ1v) is 9.28. The Kier molecular flexibility index (Phi) is 14.8. The number of aliphatic imine (C=N–C) groups is 1. The number of nitrogens with zero attached hydrogens (tertiary/aromatic N) is 1. The molecule has 0 aliphatic heterocycles. The fourth-order valence-electron chi connectivity index (χ4n) is 1.96. The molecule has 0 spiro atoms. The maximum atomic E-state index is 5.40. The van der Waals surface area contributed by atoms with Crippen molar-refractivity contribution in [2.45, 2.75) is 32.9 Å². The van der Waals surface area contributed by atoms with E-state index in [4.69, 9.17) is 4.74 Å². The minimum atomic E-state index is 0. The smallest absolute Gasteiger partial charge is 0.191 e. The van der Waals surface area contributed by atoms with Gasteiger partial charge < -0.3 is 15.4 Å². The Hall–Kier alpha value is -0.470. The van der Waals surface area contributed by atoms with Crippen LogP contribution in [0.2, 0.25) is 0 Å². The van der Waals surface area contributed by atoms with Gasteiger partial charge in [-0.25, -0.2) is 0 Å². The maximum Gasteiger partial charge on any atom is 0.191 e. The van der Waals surface area contributed by atoms with Gasteiger partial charge in [-0.1, -0.05) is 24.3 Å². The van der Waals surface area contributed by atoms with E-state index < -0.39 is 0 Å². The quantitative estimate of drug-likeness (QED) is 0.247. The van der Waals surface area contributed by atoms with Crippen LogP contribution in [0.1, 0.15) is 30.9 Å². The van der Waals surface area contributed by atoms with Crippen molar-refractivity contribution in [3.05, 3.63) is 35.4 Å². The number of thioether (sulfide) groups is 1. The van der Waals surface area contributed by atoms with Gasteiger partial charge in [0.1, 0.15) is 0 Å². The second-order valence-corrected chi connectivity index (χ2v) is 5.99. The van der Waals surface area contributed by atoms with Crippen molar-refractivity contribution < 1.29 is 4.74 Å². The molecule has 0 atom stereocenters. The second kappa shape index (κ2) is 15.1. The molecule has 23 heavy (non-hydrogen) atoms. The fourth-order valence-corrected chi connectivity index (χ4v) is 2.45. The van der Waals surface area contributed by atoms with Crippen molar-refractivity contribution in [3.63, 3.8) is 0 Å². The summed E-state index contributed by atoms with van der Waals surface area (Å²) in [5.74, 6) is 2.09. The van der Waals surface area contributed by atoms with Gasteiger partial charge in [-0.2, -0.15) is 11.8 Å². The van der Waals surface area contributed by atoms with Crippen LogP contribution in [0.15, 0.2) is 29.3 Å². The first-order valence-electron chi connectivity index (χ1n) is 7.89. The van der Waals surface area contributed by atoms with Gasteiger partial charge in [0.05, 0.1) is 6.61 Å². The molecule has 0 unspecified atom stereocenters. The summed E-state index contributed by atoms with van der Waals surface area (Å²) in [5.41, 5.74) is 2.45. The molecule has 6 heteroatoms. The first-order chi connectivity index (χ1) is 10.8. The van der Waals surface area contributed by atoms with Crippen molar-refractivity contribution in [2.24, 2.45) is 4.99 Å². The van der Waals surface area contributed by atoms with Crippen LogP contribution in [0.25, 0.3) is 0 Å². The molecule has 0 aromatic heterocycles. The summed E-state index contributed by atoms with van der Waals surface area (Å²) >= 11 is 1.90. The summed E-state index contributed by atoms with van der Waals surface area (Å²) in [4.78, 5) is 4.25. The van der Waals surface area contributed by atoms with Crippen molar-refractivity contribution >= 4 is 41.7 Å². The molecule has 0 radical (unpaired) electrons. The molecule has 0 amide bonds. The first kappa shape index (κ1) is 22.5. The minimum absolute atomic E-state index is 0. The highest BCUT2D eigenvalue weighted by Gasteiger charge is 1.99. The molecule has 0 heterocycles. The molecule has 0 bridgehead atoms. The van der Waals surface area contributed by atoms with Gasteiger partial charge in [-0.3, -0.25) is 4.99 Å². The molecule has 2 N–H and O–H groups in total. The Labute approximate surface area is 162 Å². The largest absolute Gasteiger partial charge is 0.377 e. The molecular formula is C17H30IN3OS. The van der Waals surface area contributed by atoms with E-state index in [2.05, 4.69) is 46.1 Å². The van der Waals surface area contributed by atoms with E-state index in [1.165, 1.54) is 29.7 Å². The van der Waals surface area contributed by atoms with Crippen LogP contribution in [0, 0.1) is 0 Å². The van der Waals surface area contributed by atoms with Gasteiger partial charge >= 0.3 is 0 Å². The van der Waals surface area contributed by atoms with E-state index in [9.17, 15) is 0 Å². The van der Waals surface area contributed by atoms with Gasteiger partial charge in [-0.05, 0) is 42.9 Å². The summed E-state index contributed by atoms with van der Waals surface area (Å²) in [6, 6.07) is 8.50. The molecule has 0 aliphatic carbocycles. The topological polar surface area (TPSA) is 45.6 Å². The summed E-state index contributed by atoms with van der Waals surface area (Å²) in [7, 11) is 1.81. The van der Waals surface area contributed by atoms with Gasteiger partial charge in [-0.15, -0.1) is 24.0 Å². The molecule has 1 rings (SSSR count). The number of unbranched alkanes of at least 4 members (excludes halogenated alkanes) is 1. The SMILES string of the molecule is CCOCc1ccc(CNC(=NC)NCCCCSC)cc1.I. The van der Waals surface area contributed by atoms with Gasteiger partial charge in [0.25, 0.3) is 0 Å². The second-order valence-electron chi connectivity index (χ2n) is 5.01. The highest BCUT2D eigenvalue weighted by molar-refractivity contribution is 14.0. The summed E-state index contributed by atoms with van der Waals surface area (Å²) in [6.45, 7) is 5.19. The zero-order valence-electron chi connectivity index (χ0n) is 14.4. The number of rotatable bonds is 10. The van der Waals surface area contributed by atoms with Crippen LogP contribution in [-0.2, 0) is 17.9 Å². The number of ether oxygens (including phenoxy) is 1. The number of guanidine groups is 1. The molecule has 0 aliphatic rings. The minimum Gasteiger partial charge on any atom is -0.377 e. The lowest BCUT2D eigenvalue weighted by atomic mass is 10.1. The Balaban J connectivity index is 0.00000484. The molecule has 1 aromatic rings. The molecule has 132 valence electrons. The standard InChI is InChI=1S/C17H29N3OS.HI/c1-4-21-14-16-9-7-15(8-10-16)13-20-17(18-2)19-11-5-6-12-22-3;/h7-10H,4-6,11-14H2,1-3H3,(H2,18,19,20);1H. The van der Waals surface area contributed by atoms with Gasteiger partial charge in [0, 0.05) is 26.7 Å². The van der Waals surface area contributed by atoms with Crippen LogP contribution in [0.5, 0.6) is 0 Å². The molecule has 4 nitrogen and oxygen atoms in total. The number of hydrogen-bond donors (Lipinski definition) is 2. The lowest BCUT2D eigenvalue weighted by Crippen LogP contribution is -2.37. The van der Waals surface area contributed by atoms with Gasteiger partial charge in [0.2, 0.25) is 0 Å². The fraction of sp³-hybridized carbons (Fsp3) is 0.588. The summed E-state index contributed by atoms with van der Waals surface area (Å²) in [6.07, 6.45) is 4.56. The van der Waals surface area contributed by atoms with Crippen LogP contribution in [-0.4, -0.2) is 38.2 Å². The third-order valence-corrected chi connectivity index (χ3v) is 3.94. The predicted octanol–water partition coefficient (Wildman–Crippen LogP) is 3.65. The average Bonchev–Trinajstić information content (AvgIpc) is 2.56. The lowest BCUT2D eigenvalue weighted by molar-refractivity contribution is 0.134. The Bertz CT molecular complexity index is 426. The number of hydrogen-bond acceptors (Lipinski definition) is 3. The lowest BCUT2D eigenvalue weighted by Gasteiger charge is -2.12. The molecule has 0 saturated carbocycles. The molecule has 0 fully saturated rings. The summed E-state index contributed by atoms with van der Waals surface area (Å²) in [5, 5.41) is 6.69. The predicted molar refractivity (Wildman–Crippen MR) is 113 cm³/mol. The Morgan fingerprint density at radius 3 is 2.43 bits per heavy atom. The van der Waals surface area contributed by atoms with E-state index in [1.807, 2.05) is 25.7 Å². The molecule has 0 saturated heterocycles. The van der Waals surface area contributed by atoms with E-state index in [0.717, 1.165) is 25.7 Å². The number of nitrogens with one attached hydrogen (secondary N) is 2. The highest BCUT2D eigenvalue weighted by atomic mass is 127. The molecular weight excluding hydrogens is 421 g/mol. The highest BCUT2D eigenvalue weighted by Crippen LogP contribution is 2.05. The van der Waals surface area contributed by atoms with Crippen molar-refractivity contribution in [1.29, 1.82) is 0 Å².